The molecule has 2 aliphatic rings. The van der Waals surface area contributed by atoms with Crippen LogP contribution >= 0.6 is 19.2 Å². The normalized spacial score (nSPS) is 29.1. The minimum absolute atomic E-state index is 0.0429. The van der Waals surface area contributed by atoms with Crippen LogP contribution in [0.2, 0.25) is 5.28 Å². The molecule has 0 saturated carbocycles. The van der Waals surface area contributed by atoms with Crippen LogP contribution in [-0.4, -0.2) is 90.3 Å². The van der Waals surface area contributed by atoms with E-state index in [4.69, 9.17) is 35.6 Å². The van der Waals surface area contributed by atoms with Crippen molar-refractivity contribution in [2.45, 2.75) is 43.5 Å². The molecule has 0 aliphatic carbocycles. The molecule has 0 spiro atoms. The molecule has 2 aromatic rings. The molecule has 5 N–H and O–H groups in total. The van der Waals surface area contributed by atoms with Crippen LogP contribution in [0.5, 0.6) is 0 Å². The molecular weight excluding hydrogens is 457 g/mol. The number of aromatic nitrogens is 4. The summed E-state index contributed by atoms with van der Waals surface area (Å²) in [6.45, 7) is 0.930. The number of ether oxygens (including phenoxy) is 3. The lowest BCUT2D eigenvalue weighted by Crippen LogP contribution is -2.34. The van der Waals surface area contributed by atoms with Crippen molar-refractivity contribution in [3.63, 3.8) is 0 Å². The molecule has 2 aliphatic heterocycles. The topological polar surface area (TPSA) is 181 Å². The number of nitrogens with zero attached hydrogens (tertiary/aromatic N) is 4. The Morgan fingerprint density at radius 3 is 2.84 bits per heavy atom. The van der Waals surface area contributed by atoms with Gasteiger partial charge in [-0.15, -0.1) is 0 Å². The standard InChI is InChI=1S/C16H23ClN5O8P/c17-16-20-13(18-4-8-2-1-3-29-8)9-5-19-22(14(9)21-16)15-12(24)11(23)10(30-15)6-28-7-31(25,26)27/h5,8,10-12,15,23-24H,1-4,6-7H2,(H,18,20,21)(H2,25,26,27)/t8-,10+,11+,12+,15+/m0/s1. The Kier molecular flexibility index (Phi) is 6.77. The van der Waals surface area contributed by atoms with E-state index in [0.29, 0.717) is 17.7 Å². The quantitative estimate of drug-likeness (QED) is 0.249. The number of halogens is 1. The maximum atomic E-state index is 10.9. The molecule has 2 fully saturated rings. The van der Waals surface area contributed by atoms with Gasteiger partial charge in [-0.1, -0.05) is 0 Å². The zero-order valence-electron chi connectivity index (χ0n) is 16.2. The van der Waals surface area contributed by atoms with E-state index < -0.39 is 38.5 Å². The second-order valence-electron chi connectivity index (χ2n) is 7.39. The van der Waals surface area contributed by atoms with Gasteiger partial charge >= 0.3 is 7.60 Å². The first-order valence-corrected chi connectivity index (χ1v) is 11.8. The molecule has 0 unspecified atom stereocenters. The molecule has 0 aromatic carbocycles. The number of aliphatic hydroxyl groups is 2. The van der Waals surface area contributed by atoms with Gasteiger partial charge in [0.15, 0.2) is 11.9 Å². The first-order valence-electron chi connectivity index (χ1n) is 9.63. The van der Waals surface area contributed by atoms with Crippen molar-refractivity contribution < 1.29 is 38.8 Å². The molecular formula is C16H23ClN5O8P. The Hall–Kier alpha value is -1.41. The Balaban J connectivity index is 1.51. The Morgan fingerprint density at radius 2 is 2.13 bits per heavy atom. The molecule has 2 aromatic heterocycles. The maximum Gasteiger partial charge on any atom is 0.350 e. The second kappa shape index (κ2) is 9.22. The van der Waals surface area contributed by atoms with Crippen LogP contribution in [-0.2, 0) is 18.8 Å². The highest BCUT2D eigenvalue weighted by Crippen LogP contribution is 2.36. The first kappa shape index (κ1) is 22.8. The number of hydrogen-bond acceptors (Lipinski definition) is 10. The highest BCUT2D eigenvalue weighted by Gasteiger charge is 2.45. The van der Waals surface area contributed by atoms with Gasteiger partial charge in [0.1, 0.15) is 30.5 Å². The zero-order chi connectivity index (χ0) is 22.2. The lowest BCUT2D eigenvalue weighted by molar-refractivity contribution is -0.0658. The van der Waals surface area contributed by atoms with Gasteiger partial charge in [0, 0.05) is 13.2 Å². The summed E-state index contributed by atoms with van der Waals surface area (Å²) in [5.74, 6) is 0.450. The lowest BCUT2D eigenvalue weighted by Gasteiger charge is -2.16. The van der Waals surface area contributed by atoms with Gasteiger partial charge in [-0.05, 0) is 24.4 Å². The number of rotatable bonds is 8. The highest BCUT2D eigenvalue weighted by atomic mass is 35.5. The van der Waals surface area contributed by atoms with E-state index >= 15 is 0 Å². The summed E-state index contributed by atoms with van der Waals surface area (Å²) in [7, 11) is -4.37. The SMILES string of the molecule is O=P(O)(O)COC[C@H]1O[C@@H](n2ncc3c(NC[C@@H]4CCCO4)nc(Cl)nc32)[C@H](O)[C@@H]1O. The largest absolute Gasteiger partial charge is 0.387 e. The summed E-state index contributed by atoms with van der Waals surface area (Å²) in [5.41, 5.74) is 0.280. The van der Waals surface area contributed by atoms with Gasteiger partial charge in [0.05, 0.1) is 24.3 Å². The number of fused-ring (bicyclic) bond motifs is 1. The fraction of sp³-hybridized carbons (Fsp3) is 0.688. The Morgan fingerprint density at radius 1 is 1.32 bits per heavy atom. The van der Waals surface area contributed by atoms with Crippen molar-refractivity contribution in [2.75, 3.05) is 31.4 Å². The van der Waals surface area contributed by atoms with Crippen molar-refractivity contribution >= 4 is 36.0 Å². The van der Waals surface area contributed by atoms with Crippen molar-refractivity contribution in [2.24, 2.45) is 0 Å². The van der Waals surface area contributed by atoms with E-state index in [1.807, 2.05) is 0 Å². The Labute approximate surface area is 181 Å². The van der Waals surface area contributed by atoms with Crippen LogP contribution in [0.4, 0.5) is 5.82 Å². The van der Waals surface area contributed by atoms with Crippen LogP contribution in [0.3, 0.4) is 0 Å². The number of hydrogen-bond donors (Lipinski definition) is 5. The van der Waals surface area contributed by atoms with Crippen LogP contribution in [0.15, 0.2) is 6.20 Å². The second-order valence-corrected chi connectivity index (χ2v) is 9.32. The molecule has 5 atom stereocenters. The molecule has 0 bridgehead atoms. The number of anilines is 1. The monoisotopic (exact) mass is 479 g/mol. The van der Waals surface area contributed by atoms with Gasteiger partial charge in [-0.3, -0.25) is 4.57 Å². The predicted molar refractivity (Wildman–Crippen MR) is 107 cm³/mol. The summed E-state index contributed by atoms with van der Waals surface area (Å²) >= 11 is 6.08. The van der Waals surface area contributed by atoms with Gasteiger partial charge in [-0.25, -0.2) is 4.68 Å². The number of aliphatic hydroxyl groups excluding tert-OH is 2. The fourth-order valence-electron chi connectivity index (χ4n) is 3.59. The zero-order valence-corrected chi connectivity index (χ0v) is 17.9. The highest BCUT2D eigenvalue weighted by molar-refractivity contribution is 7.51. The van der Waals surface area contributed by atoms with Crippen LogP contribution in [0.25, 0.3) is 11.0 Å². The summed E-state index contributed by atoms with van der Waals surface area (Å²) in [4.78, 5) is 26.1. The molecule has 31 heavy (non-hydrogen) atoms. The molecule has 0 radical (unpaired) electrons. The third-order valence-electron chi connectivity index (χ3n) is 5.07. The van der Waals surface area contributed by atoms with Gasteiger partial charge in [0.2, 0.25) is 5.28 Å². The molecule has 4 rings (SSSR count). The molecule has 4 heterocycles. The van der Waals surface area contributed by atoms with E-state index in [1.54, 1.807) is 0 Å². The summed E-state index contributed by atoms with van der Waals surface area (Å²) < 4.78 is 28.3. The maximum absolute atomic E-state index is 10.9. The van der Waals surface area contributed by atoms with Crippen LogP contribution in [0, 0.1) is 0 Å². The van der Waals surface area contributed by atoms with Crippen molar-refractivity contribution in [1.82, 2.24) is 19.7 Å². The summed E-state index contributed by atoms with van der Waals surface area (Å²) in [5, 5.41) is 28.6. The third-order valence-corrected chi connectivity index (χ3v) is 5.76. The predicted octanol–water partition coefficient (Wildman–Crippen LogP) is -0.158. The van der Waals surface area contributed by atoms with E-state index in [-0.39, 0.29) is 23.6 Å². The minimum Gasteiger partial charge on any atom is -0.387 e. The summed E-state index contributed by atoms with van der Waals surface area (Å²) in [6, 6.07) is 0. The number of nitrogens with one attached hydrogen (secondary N) is 1. The third kappa shape index (κ3) is 5.16. The molecule has 15 heteroatoms. The van der Waals surface area contributed by atoms with E-state index in [1.165, 1.54) is 10.9 Å². The Bertz CT molecular complexity index is 967. The fourth-order valence-corrected chi connectivity index (χ4v) is 4.10. The minimum atomic E-state index is -4.37. The van der Waals surface area contributed by atoms with Crippen molar-refractivity contribution in [3.8, 4) is 0 Å². The lowest BCUT2D eigenvalue weighted by atomic mass is 10.1. The molecule has 172 valence electrons. The van der Waals surface area contributed by atoms with Crippen molar-refractivity contribution in [1.29, 1.82) is 0 Å². The average molecular weight is 480 g/mol. The van der Waals surface area contributed by atoms with Gasteiger partial charge in [0.25, 0.3) is 0 Å². The van der Waals surface area contributed by atoms with E-state index in [0.717, 1.165) is 19.4 Å². The average Bonchev–Trinajstić information content (AvgIpc) is 3.41. The molecule has 13 nitrogen and oxygen atoms in total. The van der Waals surface area contributed by atoms with Crippen LogP contribution < -0.4 is 5.32 Å². The van der Waals surface area contributed by atoms with E-state index in [9.17, 15) is 14.8 Å². The molecule has 0 amide bonds. The van der Waals surface area contributed by atoms with E-state index in [2.05, 4.69) is 20.4 Å². The smallest absolute Gasteiger partial charge is 0.350 e. The first-order chi connectivity index (χ1) is 14.7. The van der Waals surface area contributed by atoms with Gasteiger partial charge in [-0.2, -0.15) is 15.1 Å². The van der Waals surface area contributed by atoms with Gasteiger partial charge < -0.3 is 39.5 Å². The van der Waals surface area contributed by atoms with Crippen molar-refractivity contribution in [3.05, 3.63) is 11.5 Å². The summed E-state index contributed by atoms with van der Waals surface area (Å²) in [6.07, 6.45) is -2.21. The molecule has 2 saturated heterocycles. The van der Waals surface area contributed by atoms with Crippen LogP contribution in [0.1, 0.15) is 19.1 Å².